The Morgan fingerprint density at radius 1 is 1.12 bits per heavy atom. The van der Waals surface area contributed by atoms with E-state index in [0.717, 1.165) is 57.4 Å². The fourth-order valence-electron chi connectivity index (χ4n) is 4.99. The Morgan fingerprint density at radius 2 is 1.91 bits per heavy atom. The molecule has 1 unspecified atom stereocenters. The highest BCUT2D eigenvalue weighted by atomic mass is 16.5. The van der Waals surface area contributed by atoms with Crippen molar-refractivity contribution in [3.8, 4) is 5.69 Å². The quantitative estimate of drug-likeness (QED) is 0.642. The highest BCUT2D eigenvalue weighted by molar-refractivity contribution is 5.64. The maximum atomic E-state index is 12.2. The van der Waals surface area contributed by atoms with Gasteiger partial charge in [0.25, 0.3) is 5.56 Å². The highest BCUT2D eigenvalue weighted by Crippen LogP contribution is 2.24. The Kier molecular flexibility index (Phi) is 5.95. The third-order valence-corrected chi connectivity index (χ3v) is 6.99. The fraction of sp³-hybridized carbons (Fsp3) is 0.522. The van der Waals surface area contributed by atoms with Crippen molar-refractivity contribution >= 4 is 5.52 Å². The van der Waals surface area contributed by atoms with Crippen LogP contribution in [0.1, 0.15) is 25.3 Å². The molecule has 3 aromatic heterocycles. The Morgan fingerprint density at radius 3 is 2.66 bits per heavy atom. The number of piperazine rings is 1. The molecule has 170 valence electrons. The predicted octanol–water partition coefficient (Wildman–Crippen LogP) is 1.11. The summed E-state index contributed by atoms with van der Waals surface area (Å²) in [6, 6.07) is 6.12. The molecular weight excluding hydrogens is 408 g/mol. The Hall–Kier alpha value is -2.75. The summed E-state index contributed by atoms with van der Waals surface area (Å²) in [4.78, 5) is 31.1. The van der Waals surface area contributed by atoms with Crippen LogP contribution in [0.4, 0.5) is 0 Å². The summed E-state index contributed by atoms with van der Waals surface area (Å²) in [6.07, 6.45) is 7.41. The van der Waals surface area contributed by atoms with Crippen LogP contribution in [0.5, 0.6) is 0 Å². The van der Waals surface area contributed by atoms with Gasteiger partial charge in [-0.2, -0.15) is 5.10 Å². The topological polar surface area (TPSA) is 87.9 Å². The summed E-state index contributed by atoms with van der Waals surface area (Å²) in [5, 5.41) is 4.36. The van der Waals surface area contributed by atoms with Crippen LogP contribution in [-0.2, 0) is 11.3 Å². The van der Waals surface area contributed by atoms with E-state index in [2.05, 4.69) is 38.9 Å². The van der Waals surface area contributed by atoms with E-state index < -0.39 is 11.2 Å². The van der Waals surface area contributed by atoms with Gasteiger partial charge in [-0.15, -0.1) is 0 Å². The zero-order valence-electron chi connectivity index (χ0n) is 18.4. The number of hydrogen-bond donors (Lipinski definition) is 1. The number of pyridine rings is 1. The molecule has 2 saturated heterocycles. The molecule has 0 saturated carbocycles. The van der Waals surface area contributed by atoms with Gasteiger partial charge < -0.3 is 4.74 Å². The lowest BCUT2D eigenvalue weighted by Crippen LogP contribution is -2.51. The number of fused-ring (bicyclic) bond motifs is 1. The maximum Gasteiger partial charge on any atom is 0.333 e. The van der Waals surface area contributed by atoms with Crippen molar-refractivity contribution in [2.45, 2.75) is 32.4 Å². The minimum Gasteiger partial charge on any atom is -0.381 e. The van der Waals surface area contributed by atoms with Crippen molar-refractivity contribution in [2.75, 3.05) is 39.4 Å². The van der Waals surface area contributed by atoms with Gasteiger partial charge in [-0.1, -0.05) is 0 Å². The largest absolute Gasteiger partial charge is 0.381 e. The fourth-order valence-corrected chi connectivity index (χ4v) is 4.99. The number of H-pyrrole nitrogens is 1. The van der Waals surface area contributed by atoms with Crippen LogP contribution < -0.4 is 11.2 Å². The van der Waals surface area contributed by atoms with Gasteiger partial charge in [0.2, 0.25) is 0 Å². The molecule has 9 nitrogen and oxygen atoms in total. The van der Waals surface area contributed by atoms with Crippen LogP contribution in [0, 0.1) is 5.92 Å². The van der Waals surface area contributed by atoms with Gasteiger partial charge in [-0.3, -0.25) is 24.1 Å². The molecule has 32 heavy (non-hydrogen) atoms. The molecule has 0 radical (unpaired) electrons. The molecule has 2 aliphatic heterocycles. The van der Waals surface area contributed by atoms with Gasteiger partial charge in [0.15, 0.2) is 0 Å². The first-order valence-corrected chi connectivity index (χ1v) is 11.4. The van der Waals surface area contributed by atoms with Crippen molar-refractivity contribution < 1.29 is 4.74 Å². The Balaban J connectivity index is 1.27. The van der Waals surface area contributed by atoms with E-state index in [0.29, 0.717) is 11.7 Å². The molecule has 0 bridgehead atoms. The minimum atomic E-state index is -0.465. The second kappa shape index (κ2) is 9.01. The van der Waals surface area contributed by atoms with Crippen LogP contribution in [0.25, 0.3) is 11.2 Å². The van der Waals surface area contributed by atoms with Gasteiger partial charge in [0.1, 0.15) is 0 Å². The van der Waals surface area contributed by atoms with Gasteiger partial charge >= 0.3 is 5.69 Å². The number of aromatic nitrogens is 4. The molecule has 5 rings (SSSR count). The number of hydrogen-bond acceptors (Lipinski definition) is 6. The number of ether oxygens (including phenoxy) is 1. The van der Waals surface area contributed by atoms with Crippen LogP contribution in [0.3, 0.4) is 0 Å². The molecule has 3 aromatic rings. The van der Waals surface area contributed by atoms with E-state index in [1.54, 1.807) is 10.7 Å². The van der Waals surface area contributed by atoms with E-state index in [-0.39, 0.29) is 0 Å². The monoisotopic (exact) mass is 438 g/mol. The zero-order chi connectivity index (χ0) is 22.1. The van der Waals surface area contributed by atoms with Crippen molar-refractivity contribution in [3.05, 3.63) is 63.2 Å². The van der Waals surface area contributed by atoms with Gasteiger partial charge in [-0.05, 0) is 43.4 Å². The lowest BCUT2D eigenvalue weighted by atomic mass is 9.91. The normalized spacial score (nSPS) is 20.0. The molecular formula is C23H30N6O3. The zero-order valence-corrected chi connectivity index (χ0v) is 18.4. The molecule has 1 N–H and O–H groups in total. The first-order chi connectivity index (χ1) is 15.6. The highest BCUT2D eigenvalue weighted by Gasteiger charge is 2.28. The molecule has 9 heteroatoms. The second-order valence-corrected chi connectivity index (χ2v) is 8.88. The molecule has 1 atom stereocenters. The lowest BCUT2D eigenvalue weighted by Gasteiger charge is -2.41. The van der Waals surface area contributed by atoms with E-state index in [9.17, 15) is 9.59 Å². The average molecular weight is 439 g/mol. The third kappa shape index (κ3) is 4.28. The predicted molar refractivity (Wildman–Crippen MR) is 121 cm³/mol. The summed E-state index contributed by atoms with van der Waals surface area (Å²) in [5.74, 6) is 0.745. The number of nitrogens with zero attached hydrogens (tertiary/aromatic N) is 5. The number of nitrogens with one attached hydrogen (secondary N) is 1. The second-order valence-electron chi connectivity index (χ2n) is 8.88. The van der Waals surface area contributed by atoms with Crippen molar-refractivity contribution in [3.63, 3.8) is 0 Å². The number of aromatic amines is 1. The van der Waals surface area contributed by atoms with Crippen LogP contribution >= 0.6 is 0 Å². The Bertz CT molecular complexity index is 1180. The maximum absolute atomic E-state index is 12.2. The van der Waals surface area contributed by atoms with E-state index in [4.69, 9.17) is 4.74 Å². The molecule has 0 amide bonds. The van der Waals surface area contributed by atoms with E-state index >= 15 is 0 Å². The lowest BCUT2D eigenvalue weighted by molar-refractivity contribution is 0.0140. The molecule has 5 heterocycles. The van der Waals surface area contributed by atoms with E-state index in [1.807, 2.05) is 6.20 Å². The SMILES string of the molecule is CC(C1CCOCC1)N1CCN(Cc2ccn3ncc(-n4ccc(=O)[nH]c4=O)c3c2)CC1. The van der Waals surface area contributed by atoms with Crippen molar-refractivity contribution in [1.29, 1.82) is 0 Å². The van der Waals surface area contributed by atoms with Crippen molar-refractivity contribution in [1.82, 2.24) is 29.0 Å². The minimum absolute atomic E-state index is 0.409. The van der Waals surface area contributed by atoms with Crippen LogP contribution in [0.2, 0.25) is 0 Å². The molecule has 0 spiro atoms. The standard InChI is InChI=1S/C23H30N6O3/c1-17(19-4-12-32-13-5-19)27-10-8-26(9-11-27)16-18-2-7-29-20(14-18)21(15-24-29)28-6-3-22(30)25-23(28)31/h2-3,6-7,14-15,17,19H,4-5,8-13,16H2,1H3,(H,25,30,31). The van der Waals surface area contributed by atoms with Gasteiger partial charge in [-0.25, -0.2) is 9.31 Å². The summed E-state index contributed by atoms with van der Waals surface area (Å²) >= 11 is 0. The Labute approximate surface area is 186 Å². The smallest absolute Gasteiger partial charge is 0.333 e. The first-order valence-electron chi connectivity index (χ1n) is 11.4. The summed E-state index contributed by atoms with van der Waals surface area (Å²) < 4.78 is 8.70. The van der Waals surface area contributed by atoms with Crippen LogP contribution in [0.15, 0.2) is 46.4 Å². The summed E-state index contributed by atoms with van der Waals surface area (Å²) in [5.41, 5.74) is 1.80. The summed E-state index contributed by atoms with van der Waals surface area (Å²) in [6.45, 7) is 9.31. The van der Waals surface area contributed by atoms with Gasteiger partial charge in [0, 0.05) is 70.4 Å². The van der Waals surface area contributed by atoms with Gasteiger partial charge in [0.05, 0.1) is 17.4 Å². The first kappa shape index (κ1) is 21.1. The number of rotatable bonds is 5. The van der Waals surface area contributed by atoms with E-state index in [1.165, 1.54) is 35.2 Å². The molecule has 2 aliphatic rings. The summed E-state index contributed by atoms with van der Waals surface area (Å²) in [7, 11) is 0. The average Bonchev–Trinajstić information content (AvgIpc) is 3.23. The van der Waals surface area contributed by atoms with Crippen LogP contribution in [-0.4, -0.2) is 74.4 Å². The third-order valence-electron chi connectivity index (χ3n) is 6.99. The molecule has 0 aliphatic carbocycles. The van der Waals surface area contributed by atoms with Crippen molar-refractivity contribution in [2.24, 2.45) is 5.92 Å². The molecule has 2 fully saturated rings. The molecule has 0 aromatic carbocycles.